The maximum Gasteiger partial charge on any atom is 0.123 e. The second-order valence-corrected chi connectivity index (χ2v) is 5.48. The summed E-state index contributed by atoms with van der Waals surface area (Å²) in [7, 11) is 0. The van der Waals surface area contributed by atoms with E-state index >= 15 is 0 Å². The van der Waals surface area contributed by atoms with Gasteiger partial charge in [-0.15, -0.1) is 0 Å². The number of unbranched alkanes of at least 4 members (excludes halogenated alkanes) is 1. The van der Waals surface area contributed by atoms with Gasteiger partial charge in [0, 0.05) is 12.6 Å². The van der Waals surface area contributed by atoms with E-state index in [9.17, 15) is 9.50 Å². The van der Waals surface area contributed by atoms with Gasteiger partial charge in [0.15, 0.2) is 0 Å². The zero-order valence-electron chi connectivity index (χ0n) is 11.7. The molecular formula is C16H24FNO. The minimum atomic E-state index is -0.557. The van der Waals surface area contributed by atoms with Crippen molar-refractivity contribution in [3.05, 3.63) is 35.6 Å². The van der Waals surface area contributed by atoms with Gasteiger partial charge in [-0.3, -0.25) is 0 Å². The van der Waals surface area contributed by atoms with Gasteiger partial charge in [-0.1, -0.05) is 25.5 Å². The first-order valence-electron chi connectivity index (χ1n) is 7.38. The number of benzene rings is 1. The van der Waals surface area contributed by atoms with E-state index < -0.39 is 6.10 Å². The highest BCUT2D eigenvalue weighted by atomic mass is 19.1. The van der Waals surface area contributed by atoms with Gasteiger partial charge in [-0.2, -0.15) is 0 Å². The minimum absolute atomic E-state index is 0.276. The van der Waals surface area contributed by atoms with Crippen LogP contribution in [0.15, 0.2) is 24.3 Å². The molecule has 0 spiro atoms. The van der Waals surface area contributed by atoms with E-state index in [1.54, 1.807) is 12.1 Å². The Hall–Kier alpha value is -0.930. The fourth-order valence-electron chi connectivity index (χ4n) is 2.45. The number of hydrogen-bond donors (Lipinski definition) is 1. The van der Waals surface area contributed by atoms with Gasteiger partial charge in [0.2, 0.25) is 0 Å². The van der Waals surface area contributed by atoms with Gasteiger partial charge in [0.1, 0.15) is 5.82 Å². The molecule has 1 aromatic rings. The summed E-state index contributed by atoms with van der Waals surface area (Å²) in [4.78, 5) is 2.48. The highest BCUT2D eigenvalue weighted by Crippen LogP contribution is 2.28. The molecule has 0 bridgehead atoms. The van der Waals surface area contributed by atoms with Crippen LogP contribution in [-0.2, 0) is 0 Å². The van der Waals surface area contributed by atoms with Crippen LogP contribution in [0.5, 0.6) is 0 Å². The molecule has 1 aliphatic rings. The zero-order chi connectivity index (χ0) is 13.7. The van der Waals surface area contributed by atoms with Crippen LogP contribution >= 0.6 is 0 Å². The highest BCUT2D eigenvalue weighted by molar-refractivity contribution is 5.18. The van der Waals surface area contributed by atoms with Crippen LogP contribution in [0.25, 0.3) is 0 Å². The van der Waals surface area contributed by atoms with E-state index in [1.807, 2.05) is 0 Å². The molecule has 0 aromatic heterocycles. The second-order valence-electron chi connectivity index (χ2n) is 5.48. The first-order chi connectivity index (χ1) is 9.20. The first-order valence-corrected chi connectivity index (χ1v) is 7.38. The van der Waals surface area contributed by atoms with Crippen LogP contribution in [0.2, 0.25) is 0 Å². The topological polar surface area (TPSA) is 23.5 Å². The normalized spacial score (nSPS) is 16.8. The third-order valence-electron chi connectivity index (χ3n) is 3.79. The van der Waals surface area contributed by atoms with Gasteiger partial charge in [0.05, 0.1) is 6.10 Å². The van der Waals surface area contributed by atoms with Crippen LogP contribution in [0.1, 0.15) is 50.7 Å². The first kappa shape index (κ1) is 14.5. The van der Waals surface area contributed by atoms with Crippen molar-refractivity contribution >= 4 is 0 Å². The van der Waals surface area contributed by atoms with Gasteiger partial charge >= 0.3 is 0 Å². The Kier molecular flexibility index (Phi) is 5.34. The van der Waals surface area contributed by atoms with Gasteiger partial charge < -0.3 is 10.0 Å². The molecule has 2 nitrogen and oxygen atoms in total. The molecule has 0 radical (unpaired) electrons. The van der Waals surface area contributed by atoms with Gasteiger partial charge in [-0.05, 0) is 49.9 Å². The number of aliphatic hydroxyl groups is 1. The predicted molar refractivity (Wildman–Crippen MR) is 75.5 cm³/mol. The fraction of sp³-hybridized carbons (Fsp3) is 0.625. The third-order valence-corrected chi connectivity index (χ3v) is 3.79. The average molecular weight is 265 g/mol. The Labute approximate surface area is 115 Å². The Morgan fingerprint density at radius 3 is 2.79 bits per heavy atom. The molecule has 0 aliphatic heterocycles. The summed E-state index contributed by atoms with van der Waals surface area (Å²) < 4.78 is 13.1. The molecular weight excluding hydrogens is 241 g/mol. The van der Waals surface area contributed by atoms with Crippen LogP contribution in [-0.4, -0.2) is 29.1 Å². The van der Waals surface area contributed by atoms with E-state index in [0.29, 0.717) is 12.0 Å². The largest absolute Gasteiger partial charge is 0.388 e. The fourth-order valence-corrected chi connectivity index (χ4v) is 2.45. The molecule has 0 heterocycles. The molecule has 2 rings (SSSR count). The number of aliphatic hydroxyl groups excluding tert-OH is 1. The van der Waals surface area contributed by atoms with Crippen molar-refractivity contribution in [1.29, 1.82) is 0 Å². The summed E-state index contributed by atoms with van der Waals surface area (Å²) in [5.41, 5.74) is 0.686. The number of rotatable bonds is 8. The summed E-state index contributed by atoms with van der Waals surface area (Å²) in [6, 6.07) is 7.02. The molecule has 1 saturated carbocycles. The lowest BCUT2D eigenvalue weighted by Gasteiger charge is -2.23. The van der Waals surface area contributed by atoms with E-state index in [0.717, 1.165) is 19.1 Å². The molecule has 1 unspecified atom stereocenters. The van der Waals surface area contributed by atoms with Crippen LogP contribution in [0.3, 0.4) is 0 Å². The maximum absolute atomic E-state index is 13.1. The Bertz CT molecular complexity index is 392. The molecule has 0 saturated heterocycles. The Morgan fingerprint density at radius 2 is 2.16 bits per heavy atom. The molecule has 1 aromatic carbocycles. The molecule has 1 aliphatic carbocycles. The molecule has 106 valence electrons. The summed E-state index contributed by atoms with van der Waals surface area (Å²) in [6.45, 7) is 4.23. The molecule has 19 heavy (non-hydrogen) atoms. The third kappa shape index (κ3) is 4.59. The zero-order valence-corrected chi connectivity index (χ0v) is 11.7. The monoisotopic (exact) mass is 265 g/mol. The molecule has 1 N–H and O–H groups in total. The molecule has 0 amide bonds. The van der Waals surface area contributed by atoms with E-state index in [-0.39, 0.29) is 5.82 Å². The van der Waals surface area contributed by atoms with Crippen molar-refractivity contribution < 1.29 is 9.50 Å². The number of hydrogen-bond acceptors (Lipinski definition) is 2. The predicted octanol–water partition coefficient (Wildman–Crippen LogP) is 3.51. The standard InChI is InChI=1S/C16H24FNO/c1-2-3-10-18(15-7-8-15)11-9-16(19)13-5-4-6-14(17)12-13/h4-6,12,15-16,19H,2-3,7-11H2,1H3. The van der Waals surface area contributed by atoms with Crippen molar-refractivity contribution in [3.63, 3.8) is 0 Å². The average Bonchev–Trinajstić information content (AvgIpc) is 3.23. The van der Waals surface area contributed by atoms with Crippen molar-refractivity contribution in [1.82, 2.24) is 4.90 Å². The van der Waals surface area contributed by atoms with E-state index in [1.165, 1.54) is 37.8 Å². The summed E-state index contributed by atoms with van der Waals surface area (Å²) in [6.07, 6.45) is 5.13. The van der Waals surface area contributed by atoms with Crippen LogP contribution in [0, 0.1) is 5.82 Å². The molecule has 3 heteroatoms. The number of halogens is 1. The summed E-state index contributed by atoms with van der Waals surface area (Å²) >= 11 is 0. The summed E-state index contributed by atoms with van der Waals surface area (Å²) in [5.74, 6) is -0.276. The van der Waals surface area contributed by atoms with Crippen molar-refractivity contribution in [2.45, 2.75) is 51.2 Å². The van der Waals surface area contributed by atoms with Crippen LogP contribution in [0.4, 0.5) is 4.39 Å². The maximum atomic E-state index is 13.1. The lowest BCUT2D eigenvalue weighted by molar-refractivity contribution is 0.138. The van der Waals surface area contributed by atoms with E-state index in [4.69, 9.17) is 0 Å². The minimum Gasteiger partial charge on any atom is -0.388 e. The van der Waals surface area contributed by atoms with Gasteiger partial charge in [0.25, 0.3) is 0 Å². The van der Waals surface area contributed by atoms with Gasteiger partial charge in [-0.25, -0.2) is 4.39 Å². The van der Waals surface area contributed by atoms with Crippen molar-refractivity contribution in [2.75, 3.05) is 13.1 Å². The van der Waals surface area contributed by atoms with Crippen LogP contribution < -0.4 is 0 Å². The SMILES string of the molecule is CCCCN(CCC(O)c1cccc(F)c1)C1CC1. The van der Waals surface area contributed by atoms with E-state index in [2.05, 4.69) is 11.8 Å². The highest BCUT2D eigenvalue weighted by Gasteiger charge is 2.28. The number of nitrogens with zero attached hydrogens (tertiary/aromatic N) is 1. The Morgan fingerprint density at radius 1 is 1.37 bits per heavy atom. The molecule has 1 atom stereocenters. The van der Waals surface area contributed by atoms with Crippen molar-refractivity contribution in [2.24, 2.45) is 0 Å². The van der Waals surface area contributed by atoms with Crippen molar-refractivity contribution in [3.8, 4) is 0 Å². The molecule has 1 fully saturated rings. The lowest BCUT2D eigenvalue weighted by atomic mass is 10.1. The second kappa shape index (κ2) is 7.01. The lowest BCUT2D eigenvalue weighted by Crippen LogP contribution is -2.29. The quantitative estimate of drug-likeness (QED) is 0.777. The summed E-state index contributed by atoms with van der Waals surface area (Å²) in [5, 5.41) is 10.1. The smallest absolute Gasteiger partial charge is 0.123 e. The Balaban J connectivity index is 1.82.